The quantitative estimate of drug-likeness (QED) is 0.645. The predicted octanol–water partition coefficient (Wildman–Crippen LogP) is 3.94. The maximum absolute atomic E-state index is 13.1. The smallest absolute Gasteiger partial charge is 0.399 e. The molecular weight excluding hydrogens is 409 g/mol. The first-order valence-corrected chi connectivity index (χ1v) is 9.93. The number of halogens is 3. The minimum Gasteiger partial charge on any atom is -0.399 e. The molecule has 0 aliphatic carbocycles. The topological polar surface area (TPSA) is 89.2 Å². The van der Waals surface area contributed by atoms with Crippen molar-refractivity contribution in [2.45, 2.75) is 26.1 Å². The molecular formula is C21H23F3N6O. The Morgan fingerprint density at radius 2 is 1.84 bits per heavy atom. The van der Waals surface area contributed by atoms with Crippen LogP contribution in [0.5, 0.6) is 0 Å². The molecule has 3 N–H and O–H groups in total. The van der Waals surface area contributed by atoms with Gasteiger partial charge in [0.15, 0.2) is 5.82 Å². The molecule has 4 rings (SSSR count). The van der Waals surface area contributed by atoms with Gasteiger partial charge in [0.1, 0.15) is 5.69 Å². The van der Waals surface area contributed by atoms with Crippen molar-refractivity contribution in [3.63, 3.8) is 0 Å². The number of aromatic nitrogens is 3. The first-order valence-electron chi connectivity index (χ1n) is 9.93. The summed E-state index contributed by atoms with van der Waals surface area (Å²) in [5.41, 5.74) is 6.63. The molecule has 0 saturated carbocycles. The van der Waals surface area contributed by atoms with Crippen LogP contribution >= 0.6 is 0 Å². The lowest BCUT2D eigenvalue weighted by atomic mass is 10.1. The summed E-state index contributed by atoms with van der Waals surface area (Å²) in [6, 6.07) is 7.72. The van der Waals surface area contributed by atoms with Gasteiger partial charge in [0.2, 0.25) is 0 Å². The number of pyridine rings is 1. The van der Waals surface area contributed by atoms with Gasteiger partial charge in [0.05, 0.1) is 30.6 Å². The molecule has 3 aromatic rings. The summed E-state index contributed by atoms with van der Waals surface area (Å²) in [5, 5.41) is 13.4. The minimum absolute atomic E-state index is 0.000395. The summed E-state index contributed by atoms with van der Waals surface area (Å²) >= 11 is 0. The van der Waals surface area contributed by atoms with Gasteiger partial charge in [-0.05, 0) is 38.1 Å². The standard InChI is InChI=1S/C21H23F3N6O/c1-12-16-4-3-15(30-5-7-31-8-6-30)11-17(16)20(29-28-12)26-13(2)18-9-14(25)10-19(27-18)21(22,23)24/h3-4,9-11,13H,5-8H2,1-2H3,(H2,25,27)(H,26,29). The number of nitrogens with zero attached hydrogens (tertiary/aromatic N) is 4. The van der Waals surface area contributed by atoms with E-state index in [1.807, 2.05) is 25.1 Å². The highest BCUT2D eigenvalue weighted by molar-refractivity contribution is 5.95. The molecule has 2 aromatic heterocycles. The Labute approximate surface area is 177 Å². The number of aryl methyl sites for hydroxylation is 1. The largest absolute Gasteiger partial charge is 0.433 e. The van der Waals surface area contributed by atoms with Crippen LogP contribution in [0.1, 0.15) is 30.0 Å². The molecule has 0 spiro atoms. The van der Waals surface area contributed by atoms with Gasteiger partial charge < -0.3 is 20.7 Å². The highest BCUT2D eigenvalue weighted by Gasteiger charge is 2.33. The summed E-state index contributed by atoms with van der Waals surface area (Å²) < 4.78 is 44.8. The van der Waals surface area contributed by atoms with Crippen LogP contribution in [0.25, 0.3) is 10.8 Å². The summed E-state index contributed by atoms with van der Waals surface area (Å²) in [5.74, 6) is 0.473. The normalized spacial score (nSPS) is 15.8. The Bertz CT molecular complexity index is 1100. The van der Waals surface area contributed by atoms with E-state index < -0.39 is 17.9 Å². The average molecular weight is 432 g/mol. The summed E-state index contributed by atoms with van der Waals surface area (Å²) in [6.07, 6.45) is -4.58. The molecule has 1 unspecified atom stereocenters. The highest BCUT2D eigenvalue weighted by Crippen LogP contribution is 2.33. The van der Waals surface area contributed by atoms with Crippen molar-refractivity contribution in [2.75, 3.05) is 42.3 Å². The molecule has 0 amide bonds. The number of rotatable bonds is 4. The fourth-order valence-corrected chi connectivity index (χ4v) is 3.62. The Hall–Kier alpha value is -3.14. The molecule has 3 heterocycles. The molecule has 1 aromatic carbocycles. The number of morpholine rings is 1. The number of fused-ring (bicyclic) bond motifs is 1. The fraction of sp³-hybridized carbons (Fsp3) is 0.381. The summed E-state index contributed by atoms with van der Waals surface area (Å²) in [7, 11) is 0. The SMILES string of the molecule is Cc1nnc(NC(C)c2cc(N)cc(C(F)(F)F)n2)c2cc(N3CCOCC3)ccc12. The molecule has 10 heteroatoms. The van der Waals surface area contributed by atoms with Crippen molar-refractivity contribution in [1.82, 2.24) is 15.2 Å². The number of nitrogens with one attached hydrogen (secondary N) is 1. The Morgan fingerprint density at radius 1 is 1.10 bits per heavy atom. The maximum Gasteiger partial charge on any atom is 0.433 e. The van der Waals surface area contributed by atoms with E-state index in [1.165, 1.54) is 6.07 Å². The molecule has 1 fully saturated rings. The van der Waals surface area contributed by atoms with Gasteiger partial charge >= 0.3 is 6.18 Å². The highest BCUT2D eigenvalue weighted by atomic mass is 19.4. The zero-order chi connectivity index (χ0) is 22.2. The molecule has 1 atom stereocenters. The van der Waals surface area contributed by atoms with Gasteiger partial charge in [-0.25, -0.2) is 4.98 Å². The van der Waals surface area contributed by atoms with Gasteiger partial charge in [-0.1, -0.05) is 6.07 Å². The van der Waals surface area contributed by atoms with Crippen molar-refractivity contribution < 1.29 is 17.9 Å². The molecule has 31 heavy (non-hydrogen) atoms. The Balaban J connectivity index is 1.69. The number of anilines is 3. The molecule has 1 aliphatic heterocycles. The number of benzene rings is 1. The lowest BCUT2D eigenvalue weighted by molar-refractivity contribution is -0.141. The number of ether oxygens (including phenoxy) is 1. The van der Waals surface area contributed by atoms with Crippen LogP contribution in [-0.4, -0.2) is 41.5 Å². The van der Waals surface area contributed by atoms with E-state index >= 15 is 0 Å². The van der Waals surface area contributed by atoms with Crippen molar-refractivity contribution in [2.24, 2.45) is 0 Å². The van der Waals surface area contributed by atoms with Crippen LogP contribution in [0.15, 0.2) is 30.3 Å². The van der Waals surface area contributed by atoms with E-state index in [4.69, 9.17) is 10.5 Å². The third kappa shape index (κ3) is 4.48. The van der Waals surface area contributed by atoms with E-state index in [0.29, 0.717) is 19.0 Å². The third-order valence-corrected chi connectivity index (χ3v) is 5.28. The Morgan fingerprint density at radius 3 is 2.55 bits per heavy atom. The number of nitrogens with two attached hydrogens (primary N) is 1. The number of hydrogen-bond donors (Lipinski definition) is 2. The molecule has 1 saturated heterocycles. The van der Waals surface area contributed by atoms with Crippen LogP contribution < -0.4 is 16.0 Å². The number of alkyl halides is 3. The van der Waals surface area contributed by atoms with Crippen LogP contribution in [-0.2, 0) is 10.9 Å². The second kappa shape index (κ2) is 8.18. The first kappa shape index (κ1) is 21.1. The minimum atomic E-state index is -4.58. The summed E-state index contributed by atoms with van der Waals surface area (Å²) in [6.45, 7) is 6.48. The van der Waals surface area contributed by atoms with Gasteiger partial charge in [0.25, 0.3) is 0 Å². The van der Waals surface area contributed by atoms with E-state index in [2.05, 4.69) is 25.4 Å². The lowest BCUT2D eigenvalue weighted by Crippen LogP contribution is -2.36. The number of hydrogen-bond acceptors (Lipinski definition) is 7. The van der Waals surface area contributed by atoms with Crippen molar-refractivity contribution in [1.29, 1.82) is 0 Å². The van der Waals surface area contributed by atoms with Gasteiger partial charge in [-0.15, -0.1) is 5.10 Å². The van der Waals surface area contributed by atoms with Gasteiger partial charge in [-0.3, -0.25) is 0 Å². The first-order chi connectivity index (χ1) is 14.7. The van der Waals surface area contributed by atoms with Gasteiger partial charge in [-0.2, -0.15) is 18.3 Å². The number of nitrogen functional groups attached to an aromatic ring is 1. The van der Waals surface area contributed by atoms with Crippen LogP contribution in [0.3, 0.4) is 0 Å². The molecule has 164 valence electrons. The third-order valence-electron chi connectivity index (χ3n) is 5.28. The van der Waals surface area contributed by atoms with Crippen molar-refractivity contribution in [3.05, 3.63) is 47.4 Å². The monoisotopic (exact) mass is 432 g/mol. The molecule has 0 radical (unpaired) electrons. The zero-order valence-corrected chi connectivity index (χ0v) is 17.2. The maximum atomic E-state index is 13.1. The van der Waals surface area contributed by atoms with E-state index in [0.717, 1.165) is 41.3 Å². The Kier molecular flexibility index (Phi) is 5.57. The molecule has 1 aliphatic rings. The lowest BCUT2D eigenvalue weighted by Gasteiger charge is -2.29. The van der Waals surface area contributed by atoms with Crippen LogP contribution in [0.4, 0.5) is 30.4 Å². The van der Waals surface area contributed by atoms with E-state index in [-0.39, 0.29) is 11.4 Å². The van der Waals surface area contributed by atoms with Crippen LogP contribution in [0.2, 0.25) is 0 Å². The fourth-order valence-electron chi connectivity index (χ4n) is 3.62. The molecule has 0 bridgehead atoms. The van der Waals surface area contributed by atoms with E-state index in [1.54, 1.807) is 6.92 Å². The molecule has 7 nitrogen and oxygen atoms in total. The van der Waals surface area contributed by atoms with E-state index in [9.17, 15) is 13.2 Å². The zero-order valence-electron chi connectivity index (χ0n) is 17.2. The summed E-state index contributed by atoms with van der Waals surface area (Å²) in [4.78, 5) is 5.97. The van der Waals surface area contributed by atoms with Crippen molar-refractivity contribution in [3.8, 4) is 0 Å². The van der Waals surface area contributed by atoms with Crippen LogP contribution in [0, 0.1) is 6.92 Å². The second-order valence-electron chi connectivity index (χ2n) is 7.54. The average Bonchev–Trinajstić information content (AvgIpc) is 2.75. The second-order valence-corrected chi connectivity index (χ2v) is 7.54. The van der Waals surface area contributed by atoms with Gasteiger partial charge in [0, 0.05) is 35.2 Å². The predicted molar refractivity (Wildman–Crippen MR) is 113 cm³/mol. The van der Waals surface area contributed by atoms with Crippen molar-refractivity contribution >= 4 is 28.0 Å².